The molecule has 0 radical (unpaired) electrons. The van der Waals surface area contributed by atoms with Gasteiger partial charge in [0.15, 0.2) is 0 Å². The zero-order valence-electron chi connectivity index (χ0n) is 24.5. The summed E-state index contributed by atoms with van der Waals surface area (Å²) in [4.78, 5) is 30.5. The summed E-state index contributed by atoms with van der Waals surface area (Å²) in [5.74, 6) is 0.0481. The third kappa shape index (κ3) is 8.96. The number of sulfonamides is 1. The summed E-state index contributed by atoms with van der Waals surface area (Å²) in [5, 5.41) is 23.7. The summed E-state index contributed by atoms with van der Waals surface area (Å²) in [6.07, 6.45) is 1.41. The van der Waals surface area contributed by atoms with E-state index in [0.717, 1.165) is 16.8 Å². The zero-order chi connectivity index (χ0) is 33.3. The minimum atomic E-state index is -3.55. The molecular weight excluding hydrogens is 609 g/mol. The van der Waals surface area contributed by atoms with E-state index < -0.39 is 29.0 Å². The van der Waals surface area contributed by atoms with Crippen molar-refractivity contribution in [3.63, 3.8) is 0 Å². The Morgan fingerprint density at radius 1 is 0.696 bits per heavy atom. The van der Waals surface area contributed by atoms with Crippen molar-refractivity contribution in [3.8, 4) is 11.1 Å². The van der Waals surface area contributed by atoms with Gasteiger partial charge in [0.2, 0.25) is 21.8 Å². The lowest BCUT2D eigenvalue weighted by Gasteiger charge is -2.11. The van der Waals surface area contributed by atoms with Gasteiger partial charge < -0.3 is 32.1 Å². The fourth-order valence-corrected chi connectivity index (χ4v) is 4.85. The Morgan fingerprint density at radius 2 is 1.22 bits per heavy atom. The minimum Gasteiger partial charge on any atom is -0.423 e. The number of aromatic nitrogens is 2. The molecule has 0 atom stereocenters. The van der Waals surface area contributed by atoms with Gasteiger partial charge in [-0.2, -0.15) is 0 Å². The molecule has 5 rings (SSSR count). The van der Waals surface area contributed by atoms with Crippen LogP contribution in [0.2, 0.25) is 0 Å². The molecule has 0 saturated heterocycles. The molecule has 0 spiro atoms. The first-order chi connectivity index (χ1) is 21.9. The number of anilines is 4. The van der Waals surface area contributed by atoms with Crippen LogP contribution >= 0.6 is 0 Å². The van der Waals surface area contributed by atoms with Crippen molar-refractivity contribution < 1.29 is 28.1 Å². The second-order valence-corrected chi connectivity index (χ2v) is 11.5. The van der Waals surface area contributed by atoms with Crippen LogP contribution in [0.3, 0.4) is 0 Å². The molecule has 1 heterocycles. The molecular formula is C31H30BN7O6S. The van der Waals surface area contributed by atoms with E-state index in [1.54, 1.807) is 30.3 Å². The molecule has 13 nitrogen and oxygen atoms in total. The van der Waals surface area contributed by atoms with Gasteiger partial charge in [-0.15, -0.1) is 0 Å². The van der Waals surface area contributed by atoms with E-state index >= 15 is 0 Å². The number of primary amides is 2. The van der Waals surface area contributed by atoms with E-state index in [2.05, 4.69) is 25.3 Å². The lowest BCUT2D eigenvalue weighted by molar-refractivity contribution is 0.0992. The normalized spacial score (nSPS) is 10.7. The number of carbonyl (C=O) groups excluding carboxylic acids is 2. The maximum Gasteiger partial charge on any atom is 0.488 e. The van der Waals surface area contributed by atoms with Crippen molar-refractivity contribution in [1.82, 2.24) is 14.7 Å². The molecule has 0 aliphatic heterocycles. The summed E-state index contributed by atoms with van der Waals surface area (Å²) < 4.78 is 26.4. The van der Waals surface area contributed by atoms with Crippen LogP contribution in [0.15, 0.2) is 114 Å². The van der Waals surface area contributed by atoms with Gasteiger partial charge in [-0.1, -0.05) is 42.5 Å². The number of rotatable bonds is 10. The predicted octanol–water partition coefficient (Wildman–Crippen LogP) is 2.10. The van der Waals surface area contributed by atoms with Crippen LogP contribution in [0.5, 0.6) is 0 Å². The fraction of sp³-hybridized carbons (Fsp3) is 0.0323. The molecule has 15 heteroatoms. The van der Waals surface area contributed by atoms with Crippen molar-refractivity contribution in [1.29, 1.82) is 0 Å². The van der Waals surface area contributed by atoms with E-state index in [1.165, 1.54) is 49.8 Å². The first kappa shape index (κ1) is 33.3. The number of hydrogen-bond acceptors (Lipinski definition) is 10. The Hall–Kier alpha value is -5.61. The van der Waals surface area contributed by atoms with E-state index in [1.807, 2.05) is 36.4 Å². The number of amides is 2. The SMILES string of the molecule is CNS(=O)(=O)c1cccc(Nc2cc(Nc3cccc(-c4ccc(C(N)=O)cc4)c3)ncn2)c1.NC(=O)c1ccc(B(O)O)cc1. The molecule has 9 N–H and O–H groups in total. The van der Waals surface area contributed by atoms with Crippen molar-refractivity contribution in [2.24, 2.45) is 11.5 Å². The Balaban J connectivity index is 0.000000337. The van der Waals surface area contributed by atoms with Crippen LogP contribution < -0.4 is 32.3 Å². The van der Waals surface area contributed by atoms with E-state index in [0.29, 0.717) is 33.9 Å². The Bertz CT molecular complexity index is 1940. The molecule has 0 unspecified atom stereocenters. The summed E-state index contributed by atoms with van der Waals surface area (Å²) in [6.45, 7) is 0. The van der Waals surface area contributed by atoms with Gasteiger partial charge in [0, 0.05) is 28.6 Å². The predicted molar refractivity (Wildman–Crippen MR) is 176 cm³/mol. The lowest BCUT2D eigenvalue weighted by Crippen LogP contribution is -2.29. The van der Waals surface area contributed by atoms with Crippen molar-refractivity contribution in [2.45, 2.75) is 4.90 Å². The van der Waals surface area contributed by atoms with Crippen LogP contribution in [0.4, 0.5) is 23.0 Å². The molecule has 0 saturated carbocycles. The maximum atomic E-state index is 12.0. The number of nitrogens with one attached hydrogen (secondary N) is 3. The summed E-state index contributed by atoms with van der Waals surface area (Å²) >= 11 is 0. The van der Waals surface area contributed by atoms with E-state index in [4.69, 9.17) is 21.5 Å². The first-order valence-corrected chi connectivity index (χ1v) is 15.1. The topological polar surface area (TPSA) is 223 Å². The van der Waals surface area contributed by atoms with Gasteiger partial charge in [-0.05, 0) is 78.2 Å². The minimum absolute atomic E-state index is 0.146. The third-order valence-electron chi connectivity index (χ3n) is 6.48. The van der Waals surface area contributed by atoms with E-state index in [9.17, 15) is 18.0 Å². The molecule has 2 amide bonds. The van der Waals surface area contributed by atoms with Gasteiger partial charge in [0.25, 0.3) is 0 Å². The van der Waals surface area contributed by atoms with E-state index in [-0.39, 0.29) is 4.90 Å². The zero-order valence-corrected chi connectivity index (χ0v) is 25.3. The number of benzene rings is 4. The molecule has 4 aromatic carbocycles. The highest BCUT2D eigenvalue weighted by Gasteiger charge is 2.12. The van der Waals surface area contributed by atoms with Crippen molar-refractivity contribution >= 4 is 57.4 Å². The van der Waals surface area contributed by atoms with Gasteiger partial charge in [0.1, 0.15) is 18.0 Å². The smallest absolute Gasteiger partial charge is 0.423 e. The maximum absolute atomic E-state index is 12.0. The Kier molecular flexibility index (Phi) is 10.8. The quantitative estimate of drug-likeness (QED) is 0.110. The standard InChI is InChI=1S/C24H22N6O3S.C7H8BNO3/c1-26-34(32,33)21-7-3-6-20(13-21)30-23-14-22(27-15-28-23)29-19-5-2-4-18(12-19)16-8-10-17(11-9-16)24(25)31;9-7(10)5-1-3-6(4-2-5)8(11)12/h2-15,26H,1H3,(H2,25,31)(H2,27,28,29,30);1-4,11-12H,(H2,9,10). The van der Waals surface area contributed by atoms with Gasteiger partial charge >= 0.3 is 7.12 Å². The highest BCUT2D eigenvalue weighted by molar-refractivity contribution is 7.89. The van der Waals surface area contributed by atoms with Crippen LogP contribution in [0.1, 0.15) is 20.7 Å². The molecule has 234 valence electrons. The van der Waals surface area contributed by atoms with Crippen LogP contribution in [0.25, 0.3) is 11.1 Å². The van der Waals surface area contributed by atoms with Crippen LogP contribution in [-0.4, -0.2) is 54.4 Å². The van der Waals surface area contributed by atoms with Gasteiger partial charge in [0.05, 0.1) is 4.90 Å². The molecule has 0 aliphatic carbocycles. The fourth-order valence-electron chi connectivity index (χ4n) is 4.07. The summed E-state index contributed by atoms with van der Waals surface area (Å²) in [7, 11) is -3.70. The number of nitrogens with zero attached hydrogens (tertiary/aromatic N) is 2. The summed E-state index contributed by atoms with van der Waals surface area (Å²) in [6, 6.07) is 28.7. The number of hydrogen-bond donors (Lipinski definition) is 7. The van der Waals surface area contributed by atoms with Crippen molar-refractivity contribution in [3.05, 3.63) is 121 Å². The van der Waals surface area contributed by atoms with Gasteiger partial charge in [-0.25, -0.2) is 23.1 Å². The molecule has 0 bridgehead atoms. The second kappa shape index (κ2) is 14.9. The molecule has 1 aromatic heterocycles. The molecule has 0 aliphatic rings. The average Bonchev–Trinajstić information content (AvgIpc) is 3.05. The third-order valence-corrected chi connectivity index (χ3v) is 7.90. The highest BCUT2D eigenvalue weighted by Crippen LogP contribution is 2.26. The molecule has 5 aromatic rings. The second-order valence-electron chi connectivity index (χ2n) is 9.66. The summed E-state index contributed by atoms with van der Waals surface area (Å²) in [5.41, 5.74) is 14.7. The Morgan fingerprint density at radius 3 is 1.74 bits per heavy atom. The monoisotopic (exact) mass is 639 g/mol. The Labute approximate surface area is 265 Å². The molecule has 46 heavy (non-hydrogen) atoms. The largest absolute Gasteiger partial charge is 0.488 e. The van der Waals surface area contributed by atoms with Gasteiger partial charge in [-0.3, -0.25) is 9.59 Å². The highest BCUT2D eigenvalue weighted by atomic mass is 32.2. The average molecular weight is 640 g/mol. The van der Waals surface area contributed by atoms with Crippen LogP contribution in [0, 0.1) is 0 Å². The van der Waals surface area contributed by atoms with Crippen LogP contribution in [-0.2, 0) is 10.0 Å². The molecule has 0 fully saturated rings. The number of nitrogens with two attached hydrogens (primary N) is 2. The number of carbonyl (C=O) groups is 2. The lowest BCUT2D eigenvalue weighted by atomic mass is 9.80. The van der Waals surface area contributed by atoms with Crippen molar-refractivity contribution in [2.75, 3.05) is 17.7 Å². The first-order valence-electron chi connectivity index (χ1n) is 13.6.